The number of aryl methyl sites for hydroxylation is 1. The molecule has 0 spiro atoms. The van der Waals surface area contributed by atoms with Gasteiger partial charge in [-0.2, -0.15) is 4.98 Å². The average molecular weight is 282 g/mol. The number of anilines is 2. The van der Waals surface area contributed by atoms with Crippen LogP contribution in [0.2, 0.25) is 0 Å². The first-order valence-corrected chi connectivity index (χ1v) is 7.14. The van der Waals surface area contributed by atoms with Gasteiger partial charge in [0.2, 0.25) is 0 Å². The molecule has 4 heteroatoms. The van der Waals surface area contributed by atoms with E-state index in [4.69, 9.17) is 4.42 Å². The summed E-state index contributed by atoms with van der Waals surface area (Å²) in [7, 11) is 0. The maximum absolute atomic E-state index is 11.1. The molecule has 1 N–H and O–H groups in total. The number of oxazole rings is 1. The second kappa shape index (κ2) is 5.56. The third kappa shape index (κ3) is 3.05. The molecule has 1 aliphatic carbocycles. The van der Waals surface area contributed by atoms with E-state index < -0.39 is 0 Å². The minimum atomic E-state index is 0.165. The Bertz CT molecular complexity index is 696. The van der Waals surface area contributed by atoms with Gasteiger partial charge >= 0.3 is 0 Å². The summed E-state index contributed by atoms with van der Waals surface area (Å²) >= 11 is 0. The molecule has 0 unspecified atom stereocenters. The number of hydrogen-bond donors (Lipinski definition) is 1. The number of Topliss-reactive ketones (excluding diaryl/α,β-unsaturated/α-hetero) is 1. The smallest absolute Gasteiger partial charge is 0.299 e. The lowest BCUT2D eigenvalue weighted by molar-refractivity contribution is -0.116. The highest BCUT2D eigenvalue weighted by Gasteiger charge is 2.17. The molecule has 4 nitrogen and oxygen atoms in total. The van der Waals surface area contributed by atoms with Crippen molar-refractivity contribution in [3.63, 3.8) is 0 Å². The van der Waals surface area contributed by atoms with Gasteiger partial charge in [0.15, 0.2) is 0 Å². The van der Waals surface area contributed by atoms with Gasteiger partial charge in [-0.05, 0) is 43.5 Å². The maximum atomic E-state index is 11.1. The first kappa shape index (κ1) is 13.6. The first-order valence-electron chi connectivity index (χ1n) is 7.14. The molecular formula is C17H18N2O2. The summed E-state index contributed by atoms with van der Waals surface area (Å²) in [5.41, 5.74) is 4.04. The predicted octanol–water partition coefficient (Wildman–Crippen LogP) is 3.90. The van der Waals surface area contributed by atoms with Crippen molar-refractivity contribution in [1.82, 2.24) is 4.98 Å². The topological polar surface area (TPSA) is 55.1 Å². The first-order chi connectivity index (χ1) is 10.1. The third-order valence-electron chi connectivity index (χ3n) is 3.55. The zero-order valence-electron chi connectivity index (χ0n) is 12.3. The molecule has 108 valence electrons. The summed E-state index contributed by atoms with van der Waals surface area (Å²) in [5.74, 6) is 1.11. The van der Waals surface area contributed by atoms with Crippen molar-refractivity contribution in [2.75, 3.05) is 5.32 Å². The van der Waals surface area contributed by atoms with Crippen LogP contribution in [-0.4, -0.2) is 10.8 Å². The van der Waals surface area contributed by atoms with Crippen LogP contribution in [0.5, 0.6) is 0 Å². The molecule has 1 aromatic heterocycles. The highest BCUT2D eigenvalue weighted by molar-refractivity contribution is 5.78. The summed E-state index contributed by atoms with van der Waals surface area (Å²) in [6.07, 6.45) is 4.56. The van der Waals surface area contributed by atoms with Crippen LogP contribution in [0.4, 0.5) is 11.7 Å². The van der Waals surface area contributed by atoms with Crippen molar-refractivity contribution in [3.05, 3.63) is 47.4 Å². The van der Waals surface area contributed by atoms with Gasteiger partial charge in [-0.15, -0.1) is 0 Å². The molecule has 2 aromatic rings. The minimum Gasteiger partial charge on any atom is -0.428 e. The zero-order chi connectivity index (χ0) is 14.8. The fourth-order valence-corrected chi connectivity index (χ4v) is 2.52. The molecule has 0 atom stereocenters. The summed E-state index contributed by atoms with van der Waals surface area (Å²) in [5, 5.41) is 3.17. The quantitative estimate of drug-likeness (QED) is 0.924. The standard InChI is InChI=1S/C17H18N2O2/c1-11-4-3-5-15-16(11)19-17(21-15)18-14-8-6-13(7-9-14)10-12(2)20/h4,6-9H,3,5,10H2,1-2H3,(H,18,19). The van der Waals surface area contributed by atoms with Crippen molar-refractivity contribution < 1.29 is 9.21 Å². The monoisotopic (exact) mass is 282 g/mol. The number of allylic oxidation sites excluding steroid dienone is 2. The molecule has 0 aliphatic heterocycles. The van der Waals surface area contributed by atoms with E-state index in [2.05, 4.69) is 23.3 Å². The molecule has 0 saturated carbocycles. The average Bonchev–Trinajstić information content (AvgIpc) is 2.84. The molecule has 1 heterocycles. The van der Waals surface area contributed by atoms with E-state index in [-0.39, 0.29) is 5.78 Å². The van der Waals surface area contributed by atoms with Gasteiger partial charge in [0.05, 0.1) is 0 Å². The Hall–Kier alpha value is -2.36. The number of carbonyl (C=O) groups excluding carboxylic acids is 1. The highest BCUT2D eigenvalue weighted by Crippen LogP contribution is 2.29. The molecule has 21 heavy (non-hydrogen) atoms. The molecule has 0 amide bonds. The predicted molar refractivity (Wildman–Crippen MR) is 82.6 cm³/mol. The number of aromatic nitrogens is 1. The van der Waals surface area contributed by atoms with E-state index in [1.54, 1.807) is 6.92 Å². The number of carbonyl (C=O) groups is 1. The largest absolute Gasteiger partial charge is 0.428 e. The van der Waals surface area contributed by atoms with Crippen LogP contribution in [0.3, 0.4) is 0 Å². The molecule has 1 aliphatic rings. The second-order valence-corrected chi connectivity index (χ2v) is 5.42. The van der Waals surface area contributed by atoms with Crippen LogP contribution >= 0.6 is 0 Å². The van der Waals surface area contributed by atoms with E-state index >= 15 is 0 Å². The van der Waals surface area contributed by atoms with Gasteiger partial charge in [-0.3, -0.25) is 4.79 Å². The van der Waals surface area contributed by atoms with Crippen LogP contribution in [0.25, 0.3) is 5.57 Å². The summed E-state index contributed by atoms with van der Waals surface area (Å²) < 4.78 is 5.76. The lowest BCUT2D eigenvalue weighted by atomic mass is 10.0. The van der Waals surface area contributed by atoms with Gasteiger partial charge < -0.3 is 9.73 Å². The Morgan fingerprint density at radius 1 is 1.33 bits per heavy atom. The fourth-order valence-electron chi connectivity index (χ4n) is 2.52. The number of rotatable bonds is 4. The third-order valence-corrected chi connectivity index (χ3v) is 3.55. The molecule has 0 bridgehead atoms. The number of benzene rings is 1. The molecule has 0 fully saturated rings. The van der Waals surface area contributed by atoms with Gasteiger partial charge in [0, 0.05) is 18.5 Å². The minimum absolute atomic E-state index is 0.165. The lowest BCUT2D eigenvalue weighted by Gasteiger charge is -2.04. The fraction of sp³-hybridized carbons (Fsp3) is 0.294. The van der Waals surface area contributed by atoms with Gasteiger partial charge in [-0.25, -0.2) is 0 Å². The summed E-state index contributed by atoms with van der Waals surface area (Å²) in [4.78, 5) is 15.6. The normalized spacial score (nSPS) is 13.5. The second-order valence-electron chi connectivity index (χ2n) is 5.42. The number of fused-ring (bicyclic) bond motifs is 1. The zero-order valence-corrected chi connectivity index (χ0v) is 12.3. The van der Waals surface area contributed by atoms with Gasteiger partial charge in [-0.1, -0.05) is 18.2 Å². The van der Waals surface area contributed by atoms with Gasteiger partial charge in [0.1, 0.15) is 17.2 Å². The Labute approximate surface area is 123 Å². The summed E-state index contributed by atoms with van der Waals surface area (Å²) in [6, 6.07) is 8.28. The molecule has 0 radical (unpaired) electrons. The molecule has 3 rings (SSSR count). The van der Waals surface area contributed by atoms with E-state index in [1.807, 2.05) is 24.3 Å². The molecule has 0 saturated heterocycles. The Morgan fingerprint density at radius 3 is 2.76 bits per heavy atom. The van der Waals surface area contributed by atoms with Crippen molar-refractivity contribution >= 4 is 23.1 Å². The molecule has 1 aromatic carbocycles. The van der Waals surface area contributed by atoms with Crippen LogP contribution in [0.1, 0.15) is 37.3 Å². The highest BCUT2D eigenvalue weighted by atomic mass is 16.4. The van der Waals surface area contributed by atoms with Crippen LogP contribution in [-0.2, 0) is 17.6 Å². The van der Waals surface area contributed by atoms with Crippen molar-refractivity contribution in [3.8, 4) is 0 Å². The van der Waals surface area contributed by atoms with E-state index in [9.17, 15) is 4.79 Å². The lowest BCUT2D eigenvalue weighted by Crippen LogP contribution is -1.97. The van der Waals surface area contributed by atoms with Crippen molar-refractivity contribution in [2.45, 2.75) is 33.1 Å². The van der Waals surface area contributed by atoms with E-state index in [1.165, 1.54) is 5.57 Å². The van der Waals surface area contributed by atoms with Crippen LogP contribution in [0.15, 0.2) is 34.8 Å². The maximum Gasteiger partial charge on any atom is 0.299 e. The Kier molecular flexibility index (Phi) is 3.60. The van der Waals surface area contributed by atoms with E-state index in [0.717, 1.165) is 35.5 Å². The Balaban J connectivity index is 1.75. The summed E-state index contributed by atoms with van der Waals surface area (Å²) in [6.45, 7) is 3.65. The van der Waals surface area contributed by atoms with Crippen LogP contribution < -0.4 is 5.32 Å². The molecular weight excluding hydrogens is 264 g/mol. The van der Waals surface area contributed by atoms with E-state index in [0.29, 0.717) is 12.4 Å². The SMILES string of the molecule is CC(=O)Cc1ccc(Nc2nc3c(o2)CCC=C3C)cc1. The van der Waals surface area contributed by atoms with Gasteiger partial charge in [0.25, 0.3) is 6.01 Å². The van der Waals surface area contributed by atoms with Crippen LogP contribution in [0, 0.1) is 0 Å². The van der Waals surface area contributed by atoms with Crippen molar-refractivity contribution in [2.24, 2.45) is 0 Å². The number of ketones is 1. The number of hydrogen-bond acceptors (Lipinski definition) is 4. The number of nitrogens with zero attached hydrogens (tertiary/aromatic N) is 1. The Morgan fingerprint density at radius 2 is 2.10 bits per heavy atom. The van der Waals surface area contributed by atoms with Crippen molar-refractivity contribution in [1.29, 1.82) is 0 Å². The number of nitrogens with one attached hydrogen (secondary N) is 1.